The fraction of sp³-hybridized carbons (Fsp3) is 0.538. The third kappa shape index (κ3) is 3.21. The number of hydrogen-bond donors (Lipinski definition) is 1. The Morgan fingerprint density at radius 3 is 2.56 bits per heavy atom. The number of piperazine rings is 1. The molecule has 1 aliphatic heterocycles. The van der Waals surface area contributed by atoms with E-state index in [0.29, 0.717) is 0 Å². The summed E-state index contributed by atoms with van der Waals surface area (Å²) in [6.45, 7) is 10.1. The average Bonchev–Trinajstić information content (AvgIpc) is 2.26. The molecule has 2 rings (SSSR count). The molecule has 2 nitrogen and oxygen atoms in total. The topological polar surface area (TPSA) is 15.3 Å². The van der Waals surface area contributed by atoms with Crippen molar-refractivity contribution in [3.8, 4) is 0 Å². The molecule has 1 fully saturated rings. The number of hydrogen-bond acceptors (Lipinski definition) is 2. The van der Waals surface area contributed by atoms with Crippen LogP contribution in [0.5, 0.6) is 0 Å². The van der Waals surface area contributed by atoms with Crippen LogP contribution in [0.2, 0.25) is 0 Å². The molecule has 1 saturated heterocycles. The molecule has 0 aromatic heterocycles. The fourth-order valence-electron chi connectivity index (χ4n) is 2.09. The van der Waals surface area contributed by atoms with E-state index in [4.69, 9.17) is 0 Å². The van der Waals surface area contributed by atoms with Crippen molar-refractivity contribution in [2.24, 2.45) is 0 Å². The highest BCUT2D eigenvalue weighted by molar-refractivity contribution is 5.85. The molecule has 90 valence electrons. The highest BCUT2D eigenvalue weighted by atomic mass is 35.5. The molecular weight excluding hydrogens is 220 g/mol. The second-order valence-corrected chi connectivity index (χ2v) is 4.39. The third-order valence-electron chi connectivity index (χ3n) is 3.32. The first-order valence-electron chi connectivity index (χ1n) is 5.75. The molecule has 0 spiro atoms. The maximum Gasteiger partial charge on any atom is 0.0237 e. The number of rotatable bonds is 2. The molecule has 0 amide bonds. The average molecular weight is 241 g/mol. The molecule has 1 aromatic carbocycles. The van der Waals surface area contributed by atoms with Crippen LogP contribution >= 0.6 is 12.4 Å². The van der Waals surface area contributed by atoms with Crippen molar-refractivity contribution in [3.05, 3.63) is 34.9 Å². The lowest BCUT2D eigenvalue weighted by atomic mass is 10.0. The Kier molecular flexibility index (Phi) is 5.26. The predicted octanol–water partition coefficient (Wildman–Crippen LogP) is 2.13. The van der Waals surface area contributed by atoms with Crippen LogP contribution in [-0.2, 0) is 6.54 Å². The third-order valence-corrected chi connectivity index (χ3v) is 3.32. The zero-order chi connectivity index (χ0) is 10.7. The van der Waals surface area contributed by atoms with Gasteiger partial charge in [-0.1, -0.05) is 18.2 Å². The van der Waals surface area contributed by atoms with Gasteiger partial charge in [0.05, 0.1) is 0 Å². The van der Waals surface area contributed by atoms with Gasteiger partial charge >= 0.3 is 0 Å². The van der Waals surface area contributed by atoms with Crippen LogP contribution in [0.4, 0.5) is 0 Å². The Morgan fingerprint density at radius 2 is 1.88 bits per heavy atom. The largest absolute Gasteiger partial charge is 0.314 e. The number of nitrogens with one attached hydrogen (secondary N) is 1. The summed E-state index contributed by atoms with van der Waals surface area (Å²) in [7, 11) is 0. The summed E-state index contributed by atoms with van der Waals surface area (Å²) in [5.41, 5.74) is 4.34. The van der Waals surface area contributed by atoms with E-state index in [9.17, 15) is 0 Å². The summed E-state index contributed by atoms with van der Waals surface area (Å²) < 4.78 is 0. The number of aryl methyl sites for hydroxylation is 1. The van der Waals surface area contributed by atoms with Gasteiger partial charge in [-0.05, 0) is 30.5 Å². The van der Waals surface area contributed by atoms with Crippen molar-refractivity contribution >= 4 is 12.4 Å². The van der Waals surface area contributed by atoms with Crippen LogP contribution < -0.4 is 5.32 Å². The van der Waals surface area contributed by atoms with Crippen molar-refractivity contribution in [1.29, 1.82) is 0 Å². The zero-order valence-electron chi connectivity index (χ0n) is 10.1. The fourth-order valence-corrected chi connectivity index (χ4v) is 2.09. The molecule has 0 saturated carbocycles. The quantitative estimate of drug-likeness (QED) is 0.852. The number of benzene rings is 1. The molecule has 0 bridgehead atoms. The molecule has 16 heavy (non-hydrogen) atoms. The van der Waals surface area contributed by atoms with Crippen molar-refractivity contribution in [1.82, 2.24) is 10.2 Å². The van der Waals surface area contributed by atoms with Crippen LogP contribution in [0.25, 0.3) is 0 Å². The van der Waals surface area contributed by atoms with Gasteiger partial charge in [0.15, 0.2) is 0 Å². The summed E-state index contributed by atoms with van der Waals surface area (Å²) >= 11 is 0. The Hall–Kier alpha value is -0.570. The highest BCUT2D eigenvalue weighted by Crippen LogP contribution is 2.14. The van der Waals surface area contributed by atoms with E-state index in [1.54, 1.807) is 0 Å². The SMILES string of the molecule is Cc1cccc(CN2CCNCC2)c1C.Cl. The molecule has 0 aliphatic carbocycles. The maximum absolute atomic E-state index is 3.38. The van der Waals surface area contributed by atoms with Crippen LogP contribution in [0.1, 0.15) is 16.7 Å². The first kappa shape index (κ1) is 13.5. The van der Waals surface area contributed by atoms with E-state index in [-0.39, 0.29) is 12.4 Å². The lowest BCUT2D eigenvalue weighted by Crippen LogP contribution is -2.43. The highest BCUT2D eigenvalue weighted by Gasteiger charge is 2.11. The second kappa shape index (κ2) is 6.24. The van der Waals surface area contributed by atoms with E-state index in [1.807, 2.05) is 0 Å². The Morgan fingerprint density at radius 1 is 1.19 bits per heavy atom. The number of halogens is 1. The Balaban J connectivity index is 0.00000128. The monoisotopic (exact) mass is 240 g/mol. The van der Waals surface area contributed by atoms with E-state index < -0.39 is 0 Å². The molecular formula is C13H21ClN2. The minimum atomic E-state index is 0. The summed E-state index contributed by atoms with van der Waals surface area (Å²) in [4.78, 5) is 2.53. The van der Waals surface area contributed by atoms with Gasteiger partial charge in [-0.2, -0.15) is 0 Å². The van der Waals surface area contributed by atoms with Gasteiger partial charge < -0.3 is 5.32 Å². The van der Waals surface area contributed by atoms with Crippen molar-refractivity contribution < 1.29 is 0 Å². The van der Waals surface area contributed by atoms with E-state index >= 15 is 0 Å². The zero-order valence-corrected chi connectivity index (χ0v) is 10.9. The lowest BCUT2D eigenvalue weighted by Gasteiger charge is -2.28. The second-order valence-electron chi connectivity index (χ2n) is 4.39. The summed E-state index contributed by atoms with van der Waals surface area (Å²) in [5.74, 6) is 0. The molecule has 0 radical (unpaired) electrons. The van der Waals surface area contributed by atoms with Crippen molar-refractivity contribution in [2.75, 3.05) is 26.2 Å². The molecule has 1 heterocycles. The smallest absolute Gasteiger partial charge is 0.0237 e. The molecule has 0 unspecified atom stereocenters. The van der Waals surface area contributed by atoms with E-state index in [0.717, 1.165) is 19.6 Å². The molecule has 3 heteroatoms. The van der Waals surface area contributed by atoms with Crippen LogP contribution in [0.15, 0.2) is 18.2 Å². The van der Waals surface area contributed by atoms with Crippen LogP contribution in [-0.4, -0.2) is 31.1 Å². The standard InChI is InChI=1S/C13H20N2.ClH/c1-11-4-3-5-13(12(11)2)10-15-8-6-14-7-9-15;/h3-5,14H,6-10H2,1-2H3;1H. The van der Waals surface area contributed by atoms with Crippen molar-refractivity contribution in [2.45, 2.75) is 20.4 Å². The Bertz CT molecular complexity index is 333. The summed E-state index contributed by atoms with van der Waals surface area (Å²) in [6, 6.07) is 6.61. The van der Waals surface area contributed by atoms with Gasteiger partial charge in [-0.3, -0.25) is 4.90 Å². The molecule has 0 atom stereocenters. The van der Waals surface area contributed by atoms with Gasteiger partial charge in [0.25, 0.3) is 0 Å². The minimum absolute atomic E-state index is 0. The van der Waals surface area contributed by atoms with Gasteiger partial charge in [-0.15, -0.1) is 12.4 Å². The summed E-state index contributed by atoms with van der Waals surface area (Å²) in [5, 5.41) is 3.38. The number of nitrogens with zero attached hydrogens (tertiary/aromatic N) is 1. The first-order valence-corrected chi connectivity index (χ1v) is 5.75. The molecule has 1 N–H and O–H groups in total. The van der Waals surface area contributed by atoms with Gasteiger partial charge in [-0.25, -0.2) is 0 Å². The van der Waals surface area contributed by atoms with Gasteiger partial charge in [0.1, 0.15) is 0 Å². The van der Waals surface area contributed by atoms with Gasteiger partial charge in [0, 0.05) is 32.7 Å². The first-order chi connectivity index (χ1) is 7.27. The van der Waals surface area contributed by atoms with Crippen LogP contribution in [0, 0.1) is 13.8 Å². The predicted molar refractivity (Wildman–Crippen MR) is 71.3 cm³/mol. The van der Waals surface area contributed by atoms with Gasteiger partial charge in [0.2, 0.25) is 0 Å². The molecule has 1 aliphatic rings. The summed E-state index contributed by atoms with van der Waals surface area (Å²) in [6.07, 6.45) is 0. The van der Waals surface area contributed by atoms with E-state index in [2.05, 4.69) is 42.3 Å². The lowest BCUT2D eigenvalue weighted by molar-refractivity contribution is 0.233. The normalized spacial score (nSPS) is 16.9. The van der Waals surface area contributed by atoms with Crippen molar-refractivity contribution in [3.63, 3.8) is 0 Å². The van der Waals surface area contributed by atoms with E-state index in [1.165, 1.54) is 29.8 Å². The molecule has 1 aromatic rings. The Labute approximate surface area is 104 Å². The minimum Gasteiger partial charge on any atom is -0.314 e. The van der Waals surface area contributed by atoms with Crippen LogP contribution in [0.3, 0.4) is 0 Å². The maximum atomic E-state index is 3.38.